The second-order valence-electron chi connectivity index (χ2n) is 5.19. The second-order valence-corrected chi connectivity index (χ2v) is 5.19. The average molecular weight is 317 g/mol. The number of nitrogens with zero attached hydrogens (tertiary/aromatic N) is 1. The van der Waals surface area contributed by atoms with Crippen molar-refractivity contribution in [1.29, 1.82) is 0 Å². The SMILES string of the molecule is NC(=O)c1ccc(C(=O)Nc2cccc(-c3ccccn3)c2)cc1. The topological polar surface area (TPSA) is 85.1 Å². The molecule has 0 fully saturated rings. The Hall–Kier alpha value is -3.47. The lowest BCUT2D eigenvalue weighted by Gasteiger charge is -2.08. The second kappa shape index (κ2) is 6.75. The Balaban J connectivity index is 1.78. The van der Waals surface area contributed by atoms with Crippen LogP contribution < -0.4 is 11.1 Å². The van der Waals surface area contributed by atoms with Gasteiger partial charge in [-0.1, -0.05) is 18.2 Å². The minimum Gasteiger partial charge on any atom is -0.366 e. The first-order chi connectivity index (χ1) is 11.6. The number of carbonyl (C=O) groups is 2. The summed E-state index contributed by atoms with van der Waals surface area (Å²) in [6, 6.07) is 19.3. The maximum absolute atomic E-state index is 12.3. The monoisotopic (exact) mass is 317 g/mol. The van der Waals surface area contributed by atoms with E-state index < -0.39 is 5.91 Å². The summed E-state index contributed by atoms with van der Waals surface area (Å²) in [6.45, 7) is 0. The quantitative estimate of drug-likeness (QED) is 0.775. The molecule has 0 bridgehead atoms. The number of nitrogens with two attached hydrogens (primary N) is 1. The summed E-state index contributed by atoms with van der Waals surface area (Å²) in [5.74, 6) is -0.783. The molecule has 0 atom stereocenters. The number of carbonyl (C=O) groups excluding carboxylic acids is 2. The van der Waals surface area contributed by atoms with Gasteiger partial charge in [-0.2, -0.15) is 0 Å². The van der Waals surface area contributed by atoms with E-state index in [1.54, 1.807) is 18.3 Å². The first kappa shape index (κ1) is 15.4. The summed E-state index contributed by atoms with van der Waals surface area (Å²) in [6.07, 6.45) is 1.72. The van der Waals surface area contributed by atoms with E-state index in [1.807, 2.05) is 42.5 Å². The standard InChI is InChI=1S/C19H15N3O2/c20-18(23)13-7-9-14(10-8-13)19(24)22-16-5-3-4-15(12-16)17-6-1-2-11-21-17/h1-12H,(H2,20,23)(H,22,24). The number of hydrogen-bond acceptors (Lipinski definition) is 3. The predicted molar refractivity (Wildman–Crippen MR) is 92.6 cm³/mol. The molecule has 0 unspecified atom stereocenters. The van der Waals surface area contributed by atoms with Crippen LogP contribution >= 0.6 is 0 Å². The average Bonchev–Trinajstić information content (AvgIpc) is 2.63. The molecule has 24 heavy (non-hydrogen) atoms. The van der Waals surface area contributed by atoms with Crippen molar-refractivity contribution in [3.05, 3.63) is 84.1 Å². The van der Waals surface area contributed by atoms with E-state index in [1.165, 1.54) is 12.1 Å². The summed E-state index contributed by atoms with van der Waals surface area (Å²) >= 11 is 0. The first-order valence-electron chi connectivity index (χ1n) is 7.36. The number of rotatable bonds is 4. The third kappa shape index (κ3) is 3.47. The largest absolute Gasteiger partial charge is 0.366 e. The molecule has 0 aliphatic heterocycles. The predicted octanol–water partition coefficient (Wildman–Crippen LogP) is 3.10. The number of benzene rings is 2. The Morgan fingerprint density at radius 2 is 1.62 bits per heavy atom. The molecule has 0 saturated carbocycles. The van der Waals surface area contributed by atoms with E-state index in [0.29, 0.717) is 16.8 Å². The van der Waals surface area contributed by atoms with Crippen molar-refractivity contribution in [3.8, 4) is 11.3 Å². The molecule has 0 aliphatic rings. The van der Waals surface area contributed by atoms with Crippen molar-refractivity contribution >= 4 is 17.5 Å². The highest BCUT2D eigenvalue weighted by Gasteiger charge is 2.08. The minimum absolute atomic E-state index is 0.260. The van der Waals surface area contributed by atoms with Gasteiger partial charge in [0, 0.05) is 28.6 Å². The molecule has 2 amide bonds. The van der Waals surface area contributed by atoms with Gasteiger partial charge in [-0.15, -0.1) is 0 Å². The Labute approximate surface area is 139 Å². The van der Waals surface area contributed by atoms with Crippen molar-refractivity contribution < 1.29 is 9.59 Å². The lowest BCUT2D eigenvalue weighted by molar-refractivity contribution is 0.0995. The zero-order valence-corrected chi connectivity index (χ0v) is 12.8. The number of amides is 2. The Kier molecular flexibility index (Phi) is 4.34. The number of pyridine rings is 1. The van der Waals surface area contributed by atoms with E-state index in [2.05, 4.69) is 10.3 Å². The van der Waals surface area contributed by atoms with Crippen LogP contribution in [0.2, 0.25) is 0 Å². The van der Waals surface area contributed by atoms with Crippen LogP contribution in [-0.4, -0.2) is 16.8 Å². The van der Waals surface area contributed by atoms with E-state index >= 15 is 0 Å². The van der Waals surface area contributed by atoms with Crippen LogP contribution in [0.25, 0.3) is 11.3 Å². The Bertz CT molecular complexity index is 875. The zero-order valence-electron chi connectivity index (χ0n) is 12.8. The molecule has 1 heterocycles. The summed E-state index contributed by atoms with van der Waals surface area (Å²) in [7, 11) is 0. The number of hydrogen-bond donors (Lipinski definition) is 2. The third-order valence-corrected chi connectivity index (χ3v) is 3.51. The summed E-state index contributed by atoms with van der Waals surface area (Å²) in [5.41, 5.74) is 8.42. The smallest absolute Gasteiger partial charge is 0.255 e. The van der Waals surface area contributed by atoms with Gasteiger partial charge in [0.05, 0.1) is 5.69 Å². The molecule has 2 aromatic carbocycles. The van der Waals surface area contributed by atoms with E-state index in [0.717, 1.165) is 11.3 Å². The van der Waals surface area contributed by atoms with Crippen molar-refractivity contribution in [3.63, 3.8) is 0 Å². The molecule has 5 heteroatoms. The van der Waals surface area contributed by atoms with Gasteiger partial charge >= 0.3 is 0 Å². The van der Waals surface area contributed by atoms with Gasteiger partial charge in [-0.25, -0.2) is 0 Å². The van der Waals surface area contributed by atoms with Crippen LogP contribution in [0.1, 0.15) is 20.7 Å². The molecule has 118 valence electrons. The molecule has 0 aliphatic carbocycles. The molecular formula is C19H15N3O2. The lowest BCUT2D eigenvalue weighted by Crippen LogP contribution is -2.14. The van der Waals surface area contributed by atoms with E-state index in [4.69, 9.17) is 5.73 Å². The summed E-state index contributed by atoms with van der Waals surface area (Å²) in [4.78, 5) is 27.7. The van der Waals surface area contributed by atoms with Crippen LogP contribution in [-0.2, 0) is 0 Å². The minimum atomic E-state index is -0.523. The van der Waals surface area contributed by atoms with E-state index in [-0.39, 0.29) is 5.91 Å². The van der Waals surface area contributed by atoms with Gasteiger partial charge in [-0.3, -0.25) is 14.6 Å². The van der Waals surface area contributed by atoms with Gasteiger partial charge in [0.25, 0.3) is 5.91 Å². The molecule has 0 saturated heterocycles. The van der Waals surface area contributed by atoms with Crippen LogP contribution in [0.3, 0.4) is 0 Å². The van der Waals surface area contributed by atoms with Gasteiger partial charge in [0.2, 0.25) is 5.91 Å². The van der Waals surface area contributed by atoms with Crippen LogP contribution in [0.15, 0.2) is 72.9 Å². The fourth-order valence-corrected chi connectivity index (χ4v) is 2.28. The molecule has 0 spiro atoms. The molecular weight excluding hydrogens is 302 g/mol. The molecule has 0 radical (unpaired) electrons. The van der Waals surface area contributed by atoms with Crippen molar-refractivity contribution in [2.75, 3.05) is 5.32 Å². The van der Waals surface area contributed by atoms with Crippen molar-refractivity contribution in [2.45, 2.75) is 0 Å². The van der Waals surface area contributed by atoms with Crippen LogP contribution in [0.5, 0.6) is 0 Å². The van der Waals surface area contributed by atoms with Crippen LogP contribution in [0.4, 0.5) is 5.69 Å². The molecule has 5 nitrogen and oxygen atoms in total. The summed E-state index contributed by atoms with van der Waals surface area (Å²) in [5, 5.41) is 2.83. The number of nitrogens with one attached hydrogen (secondary N) is 1. The molecule has 3 N–H and O–H groups in total. The zero-order chi connectivity index (χ0) is 16.9. The van der Waals surface area contributed by atoms with Gasteiger partial charge in [0.15, 0.2) is 0 Å². The maximum Gasteiger partial charge on any atom is 0.255 e. The molecule has 3 rings (SSSR count). The van der Waals surface area contributed by atoms with Gasteiger partial charge in [0.1, 0.15) is 0 Å². The number of aromatic nitrogens is 1. The lowest BCUT2D eigenvalue weighted by atomic mass is 10.1. The van der Waals surface area contributed by atoms with Gasteiger partial charge in [-0.05, 0) is 48.5 Å². The highest BCUT2D eigenvalue weighted by Crippen LogP contribution is 2.21. The Morgan fingerprint density at radius 3 is 2.29 bits per heavy atom. The number of anilines is 1. The maximum atomic E-state index is 12.3. The first-order valence-corrected chi connectivity index (χ1v) is 7.36. The van der Waals surface area contributed by atoms with Crippen molar-refractivity contribution in [2.24, 2.45) is 5.73 Å². The Morgan fingerprint density at radius 1 is 0.875 bits per heavy atom. The van der Waals surface area contributed by atoms with E-state index in [9.17, 15) is 9.59 Å². The summed E-state index contributed by atoms with van der Waals surface area (Å²) < 4.78 is 0. The highest BCUT2D eigenvalue weighted by atomic mass is 16.2. The van der Waals surface area contributed by atoms with Crippen LogP contribution in [0, 0.1) is 0 Å². The normalized spacial score (nSPS) is 10.2. The third-order valence-electron chi connectivity index (χ3n) is 3.51. The number of primary amides is 1. The highest BCUT2D eigenvalue weighted by molar-refractivity contribution is 6.05. The fourth-order valence-electron chi connectivity index (χ4n) is 2.28. The van der Waals surface area contributed by atoms with Crippen molar-refractivity contribution in [1.82, 2.24) is 4.98 Å². The molecule has 3 aromatic rings. The molecule has 1 aromatic heterocycles. The van der Waals surface area contributed by atoms with Gasteiger partial charge < -0.3 is 11.1 Å². The fraction of sp³-hybridized carbons (Fsp3) is 0.